The fraction of sp³-hybridized carbons (Fsp3) is 0.555. The van der Waals surface area contributed by atoms with E-state index in [0.29, 0.717) is 27.3 Å². The predicted octanol–water partition coefficient (Wildman–Crippen LogP) is 31.0. The first-order valence-corrected chi connectivity index (χ1v) is 45.7. The molecule has 126 heavy (non-hydrogen) atoms. The maximum atomic E-state index is 13.6. The van der Waals surface area contributed by atoms with Crippen LogP contribution in [0.2, 0.25) is 10.0 Å². The van der Waals surface area contributed by atoms with Crippen molar-refractivity contribution in [1.29, 1.82) is 0 Å². The number of hydrogen-bond donors (Lipinski definition) is 0. The van der Waals surface area contributed by atoms with E-state index in [0.717, 1.165) is 90.3 Å². The molecule has 0 saturated carbocycles. The van der Waals surface area contributed by atoms with Gasteiger partial charge in [-0.1, -0.05) is 282 Å². The van der Waals surface area contributed by atoms with Crippen molar-refractivity contribution in [2.75, 3.05) is 44.2 Å². The molecule has 11 rings (SSSR count). The van der Waals surface area contributed by atoms with Crippen LogP contribution in [0.5, 0.6) is 0 Å². The molecule has 2 aliphatic rings. The number of rotatable bonds is 2. The Bertz CT molecular complexity index is 4710. The molecule has 5 heterocycles. The van der Waals surface area contributed by atoms with Gasteiger partial charge >= 0.3 is 0 Å². The third-order valence-corrected chi connectivity index (χ3v) is 22.2. The van der Waals surface area contributed by atoms with Crippen LogP contribution in [0.3, 0.4) is 0 Å². The Morgan fingerprint density at radius 3 is 1.13 bits per heavy atom. The molecule has 0 aliphatic carbocycles. The average Bonchev–Trinajstić information content (AvgIpc) is 1.39. The van der Waals surface area contributed by atoms with Gasteiger partial charge in [-0.25, -0.2) is 36.9 Å². The van der Waals surface area contributed by atoms with Gasteiger partial charge in [0.05, 0.1) is 17.4 Å². The van der Waals surface area contributed by atoms with Crippen LogP contribution in [-0.4, -0.2) is 90.1 Å². The van der Waals surface area contributed by atoms with Gasteiger partial charge in [-0.15, -0.1) is 0 Å². The highest BCUT2D eigenvalue weighted by Crippen LogP contribution is 2.35. The lowest BCUT2D eigenvalue weighted by Crippen LogP contribution is -2.53. The van der Waals surface area contributed by atoms with E-state index in [4.69, 9.17) is 23.2 Å². The van der Waals surface area contributed by atoms with Gasteiger partial charge in [0.25, 0.3) is 0 Å². The van der Waals surface area contributed by atoms with Crippen molar-refractivity contribution in [3.05, 3.63) is 275 Å². The average molecular weight is 1780 g/mol. The molecule has 16 heteroatoms. The van der Waals surface area contributed by atoms with Gasteiger partial charge in [0, 0.05) is 84.4 Å². The standard InChI is InChI=1S/C17H27N3.C17H29N3.C11H14ClF.C11H15Cl.C11H14F2.2C11H15F.C11H16.C10H19N3/c1-16(2,3)14-11-18-15(19-12-14)13-7-9-20(10-8-13)17(4,5)6;1-16(2,3)14-7-8-15(18-13-14)19-9-11-20(12-10-19)17(4,5)6;1-7-5-8(12)6-9(10(7)13)11(2,3)4;1-8-5-9(11(2,3)4)7-10(12)6-8;1-7-5-8(12)6-9(10(7)13)11(2,3)4;1-8-5-9(11(2,3)4)7-10(12)6-8;1-8-6-5-7-9(10(8)12)11(2,3)4;1-9-6-5-7-10(8-9)11(2,3)4;1-9(2,3)8-7-11-13(12-8)10(4,5)6/h7,11-12H,8-10H2,1-6H3;7-8,13H,9-12H2,1-6H3;5-6H,1-4H3;5-7H,1-4H3;5-6H,1-4H3;2*5-7H,1-4H3;5-8H,1-4H3;7H,1-6H3. The van der Waals surface area contributed by atoms with Crippen LogP contribution in [0.4, 0.5) is 27.8 Å². The third kappa shape index (κ3) is 38.2. The summed E-state index contributed by atoms with van der Waals surface area (Å²) in [4.78, 5) is 23.0. The largest absolute Gasteiger partial charge is 0.354 e. The van der Waals surface area contributed by atoms with E-state index >= 15 is 0 Å². The molecular weight excluding hydrogens is 1610 g/mol. The van der Waals surface area contributed by atoms with E-state index in [1.54, 1.807) is 55.9 Å². The summed E-state index contributed by atoms with van der Waals surface area (Å²) in [6.07, 6.45) is 11.1. The molecule has 6 aromatic carbocycles. The first-order valence-electron chi connectivity index (χ1n) is 44.9. The number of pyridine rings is 1. The smallest absolute Gasteiger partial charge is 0.154 e. The van der Waals surface area contributed by atoms with E-state index < -0.39 is 0 Å². The zero-order valence-electron chi connectivity index (χ0n) is 86.0. The van der Waals surface area contributed by atoms with Crippen molar-refractivity contribution < 1.29 is 22.0 Å². The Morgan fingerprint density at radius 1 is 0.317 bits per heavy atom. The second kappa shape index (κ2) is 45.3. The minimum absolute atomic E-state index is 0.0243. The van der Waals surface area contributed by atoms with Crippen LogP contribution < -0.4 is 4.90 Å². The highest BCUT2D eigenvalue weighted by Gasteiger charge is 2.30. The van der Waals surface area contributed by atoms with E-state index in [2.05, 4.69) is 289 Å². The van der Waals surface area contributed by atoms with Gasteiger partial charge in [-0.3, -0.25) is 9.80 Å². The molecule has 1 fully saturated rings. The maximum Gasteiger partial charge on any atom is 0.154 e. The summed E-state index contributed by atoms with van der Waals surface area (Å²) in [6, 6.07) is 35.8. The molecule has 9 nitrogen and oxygen atoms in total. The zero-order valence-corrected chi connectivity index (χ0v) is 87.5. The molecule has 2 aliphatic heterocycles. The Balaban J connectivity index is 0.000000369. The van der Waals surface area contributed by atoms with E-state index in [1.807, 2.05) is 124 Å². The van der Waals surface area contributed by atoms with E-state index in [-0.39, 0.29) is 94.4 Å². The quantitative estimate of drug-likeness (QED) is 0.158. The molecule has 9 aromatic rings. The molecule has 0 N–H and O–H groups in total. The van der Waals surface area contributed by atoms with E-state index in [9.17, 15) is 22.0 Å². The lowest BCUT2D eigenvalue weighted by molar-refractivity contribution is 0.128. The van der Waals surface area contributed by atoms with Gasteiger partial charge in [-0.2, -0.15) is 15.0 Å². The van der Waals surface area contributed by atoms with Gasteiger partial charge in [-0.05, 0) is 286 Å². The summed E-state index contributed by atoms with van der Waals surface area (Å²) in [5.74, 6) is 0.998. The molecule has 0 radical (unpaired) electrons. The third-order valence-electron chi connectivity index (χ3n) is 21.7. The highest BCUT2D eigenvalue weighted by atomic mass is 35.5. The van der Waals surface area contributed by atoms with Crippen LogP contribution in [0.25, 0.3) is 5.57 Å². The predicted molar refractivity (Wildman–Crippen MR) is 534 cm³/mol. The number of benzene rings is 6. The molecule has 0 amide bonds. The molecule has 0 unspecified atom stereocenters. The van der Waals surface area contributed by atoms with Crippen molar-refractivity contribution in [1.82, 2.24) is 39.7 Å². The van der Waals surface area contributed by atoms with Gasteiger partial charge in [0.15, 0.2) is 5.82 Å². The van der Waals surface area contributed by atoms with Crippen molar-refractivity contribution in [3.63, 3.8) is 0 Å². The first-order chi connectivity index (χ1) is 56.9. The normalized spacial score (nSPS) is 14.0. The number of aryl methyl sites for hydroxylation is 6. The zero-order chi connectivity index (χ0) is 97.2. The van der Waals surface area contributed by atoms with Gasteiger partial charge in [0.1, 0.15) is 34.9 Å². The van der Waals surface area contributed by atoms with Crippen molar-refractivity contribution in [2.24, 2.45) is 0 Å². The topological polar surface area (TPSA) is 79.1 Å². The number of hydrogen-bond acceptors (Lipinski definition) is 8. The van der Waals surface area contributed by atoms with Crippen LogP contribution in [-0.2, 0) is 54.3 Å². The number of piperazine rings is 1. The van der Waals surface area contributed by atoms with Crippen molar-refractivity contribution >= 4 is 34.6 Å². The number of aromatic nitrogens is 6. The van der Waals surface area contributed by atoms with Gasteiger partial charge in [0.2, 0.25) is 0 Å². The van der Waals surface area contributed by atoms with Crippen LogP contribution in [0.1, 0.15) is 345 Å². The van der Waals surface area contributed by atoms with Crippen molar-refractivity contribution in [3.8, 4) is 0 Å². The summed E-state index contributed by atoms with van der Waals surface area (Å²) in [7, 11) is 0. The molecule has 0 atom stereocenters. The lowest BCUT2D eigenvalue weighted by Gasteiger charge is -2.42. The highest BCUT2D eigenvalue weighted by molar-refractivity contribution is 6.31. The minimum Gasteiger partial charge on any atom is -0.354 e. The Morgan fingerprint density at radius 2 is 0.746 bits per heavy atom. The monoisotopic (exact) mass is 1780 g/mol. The summed E-state index contributed by atoms with van der Waals surface area (Å²) in [6.45, 7) is 94.4. The van der Waals surface area contributed by atoms with Crippen LogP contribution >= 0.6 is 23.2 Å². The summed E-state index contributed by atoms with van der Waals surface area (Å²) >= 11 is 11.8. The second-order valence-corrected chi connectivity index (χ2v) is 47.3. The number of nitrogens with zero attached hydrogens (tertiary/aromatic N) is 9. The SMILES string of the molecule is CC(C)(C)c1ccc(N2CCN(C(C)(C)C)CC2)nc1.CC(C)(C)c1cnc(C2=CCN(C(C)(C)C)CC2)nc1.CC(C)(C)c1cnn(C(C)(C)C)n1.Cc1cc(Cl)cc(C(C)(C)C)c1.Cc1cc(Cl)cc(C(C)(C)C)c1F.Cc1cc(F)cc(C(C)(C)C)c1.Cc1cc(F)cc(C(C)(C)C)c1F.Cc1cccc(C(C)(C)C)c1.Cc1cccc(C(C)(C)C)c1F. The fourth-order valence-corrected chi connectivity index (χ4v) is 13.7. The Labute approximate surface area is 772 Å². The molecule has 1 saturated heterocycles. The molecular formula is C110H164Cl2F5N9. The molecule has 3 aromatic heterocycles. The summed E-state index contributed by atoms with van der Waals surface area (Å²) < 4.78 is 66.6. The van der Waals surface area contributed by atoms with E-state index in [1.165, 1.54) is 51.1 Å². The van der Waals surface area contributed by atoms with Crippen molar-refractivity contribution in [2.45, 2.75) is 363 Å². The Kier molecular flexibility index (Phi) is 40.4. The number of halogens is 7. The molecule has 0 spiro atoms. The maximum absolute atomic E-state index is 13.6. The van der Waals surface area contributed by atoms with Crippen LogP contribution in [0.15, 0.2) is 146 Å². The fourth-order valence-electron chi connectivity index (χ4n) is 13.1. The summed E-state index contributed by atoms with van der Waals surface area (Å²) in [5.41, 5.74) is 16.5. The number of anilines is 1. The molecule has 698 valence electrons. The summed E-state index contributed by atoms with van der Waals surface area (Å²) in [5, 5.41) is 10.2. The minimum atomic E-state index is -0.371. The van der Waals surface area contributed by atoms with Crippen LogP contribution in [0, 0.1) is 70.6 Å². The van der Waals surface area contributed by atoms with Gasteiger partial charge < -0.3 is 4.90 Å². The first kappa shape index (κ1) is 113. The molecule has 0 bridgehead atoms. The Hall–Kier alpha value is -7.62. The second-order valence-electron chi connectivity index (χ2n) is 46.4. The lowest BCUT2D eigenvalue weighted by atomic mass is 9.85.